The fourth-order valence-electron chi connectivity index (χ4n) is 2.12. The van der Waals surface area contributed by atoms with Gasteiger partial charge < -0.3 is 14.7 Å². The average Bonchev–Trinajstić information content (AvgIpc) is 2.87. The molecule has 3 rings (SSSR count). The molecule has 0 aliphatic heterocycles. The summed E-state index contributed by atoms with van der Waals surface area (Å²) in [6.45, 7) is 3.86. The van der Waals surface area contributed by atoms with E-state index in [-0.39, 0.29) is 23.0 Å². The zero-order chi connectivity index (χ0) is 15.0. The van der Waals surface area contributed by atoms with Crippen LogP contribution in [0.25, 0.3) is 23.0 Å². The number of aryl methyl sites for hydroxylation is 2. The number of phenolic OH excluding ortho intramolecular Hbond substituents is 2. The van der Waals surface area contributed by atoms with Gasteiger partial charge in [0.2, 0.25) is 5.82 Å². The Kier molecular flexibility index (Phi) is 3.06. The van der Waals surface area contributed by atoms with Crippen LogP contribution in [0.15, 0.2) is 35.0 Å². The molecule has 0 atom stereocenters. The van der Waals surface area contributed by atoms with E-state index < -0.39 is 0 Å². The van der Waals surface area contributed by atoms with Crippen LogP contribution in [0.3, 0.4) is 0 Å². The maximum Gasteiger partial charge on any atom is 0.265 e. The van der Waals surface area contributed by atoms with Crippen molar-refractivity contribution < 1.29 is 14.7 Å². The molecule has 21 heavy (non-hydrogen) atoms. The van der Waals surface area contributed by atoms with Gasteiger partial charge in [-0.3, -0.25) is 4.98 Å². The smallest absolute Gasteiger partial charge is 0.265 e. The summed E-state index contributed by atoms with van der Waals surface area (Å²) in [6, 6.07) is 6.37. The van der Waals surface area contributed by atoms with Crippen LogP contribution in [0.4, 0.5) is 0 Å². The second kappa shape index (κ2) is 4.90. The summed E-state index contributed by atoms with van der Waals surface area (Å²) in [5.41, 5.74) is 2.67. The van der Waals surface area contributed by atoms with E-state index in [1.165, 1.54) is 18.2 Å². The minimum absolute atomic E-state index is 0.0439. The van der Waals surface area contributed by atoms with Gasteiger partial charge in [-0.2, -0.15) is 4.98 Å². The first-order valence-electron chi connectivity index (χ1n) is 6.35. The summed E-state index contributed by atoms with van der Waals surface area (Å²) in [5, 5.41) is 23.5. The Hall–Kier alpha value is -2.89. The summed E-state index contributed by atoms with van der Waals surface area (Å²) in [5.74, 6) is 0.102. The average molecular weight is 283 g/mol. The van der Waals surface area contributed by atoms with Gasteiger partial charge in [0, 0.05) is 6.20 Å². The first-order chi connectivity index (χ1) is 10.1. The van der Waals surface area contributed by atoms with Crippen LogP contribution in [0.1, 0.15) is 11.1 Å². The van der Waals surface area contributed by atoms with Gasteiger partial charge in [-0.15, -0.1) is 0 Å². The highest BCUT2D eigenvalue weighted by Gasteiger charge is 2.19. The first-order valence-corrected chi connectivity index (χ1v) is 6.35. The molecule has 0 unspecified atom stereocenters. The number of rotatable bonds is 2. The maximum atomic E-state index is 9.81. The highest BCUT2D eigenvalue weighted by molar-refractivity contribution is 5.71. The molecule has 0 saturated heterocycles. The number of benzene rings is 1. The van der Waals surface area contributed by atoms with Gasteiger partial charge in [0.25, 0.3) is 5.89 Å². The zero-order valence-electron chi connectivity index (χ0n) is 11.5. The summed E-state index contributed by atoms with van der Waals surface area (Å²) in [4.78, 5) is 8.49. The first kappa shape index (κ1) is 13.1. The molecule has 0 aliphatic rings. The molecule has 1 aromatic carbocycles. The molecule has 0 radical (unpaired) electrons. The fraction of sp³-hybridized carbons (Fsp3) is 0.133. The van der Waals surface area contributed by atoms with Crippen LogP contribution in [0.5, 0.6) is 11.5 Å². The van der Waals surface area contributed by atoms with Crippen LogP contribution in [-0.2, 0) is 0 Å². The zero-order valence-corrected chi connectivity index (χ0v) is 11.5. The number of phenols is 2. The Labute approximate surface area is 120 Å². The van der Waals surface area contributed by atoms with Gasteiger partial charge in [-0.05, 0) is 37.1 Å². The lowest BCUT2D eigenvalue weighted by molar-refractivity contribution is 0.415. The van der Waals surface area contributed by atoms with Crippen molar-refractivity contribution in [3.8, 4) is 34.5 Å². The third kappa shape index (κ3) is 2.31. The third-order valence-corrected chi connectivity index (χ3v) is 3.09. The number of aromatic hydroxyl groups is 2. The molecule has 6 nitrogen and oxygen atoms in total. The molecular formula is C15H13N3O3. The van der Waals surface area contributed by atoms with Crippen LogP contribution >= 0.6 is 0 Å². The molecule has 2 heterocycles. The Balaban J connectivity index is 2.08. The second-order valence-electron chi connectivity index (χ2n) is 4.77. The van der Waals surface area contributed by atoms with Gasteiger partial charge in [0.15, 0.2) is 0 Å². The second-order valence-corrected chi connectivity index (χ2v) is 4.77. The van der Waals surface area contributed by atoms with Crippen molar-refractivity contribution in [2.45, 2.75) is 13.8 Å². The lowest BCUT2D eigenvalue weighted by Gasteiger charge is -2.01. The third-order valence-electron chi connectivity index (χ3n) is 3.09. The summed E-state index contributed by atoms with van der Waals surface area (Å²) < 4.78 is 5.13. The number of hydrogen-bond acceptors (Lipinski definition) is 6. The van der Waals surface area contributed by atoms with Crippen molar-refractivity contribution in [2.75, 3.05) is 0 Å². The molecule has 0 amide bonds. The van der Waals surface area contributed by atoms with Gasteiger partial charge >= 0.3 is 0 Å². The standard InChI is InChI=1S/C15H13N3O3/c1-8-6-9(2)13(16-7-8)14-17-15(21-18-14)12-10(19)4-3-5-11(12)20/h3-7,19-20H,1-2H3. The number of hydrogen-bond donors (Lipinski definition) is 2. The van der Waals surface area contributed by atoms with Crippen molar-refractivity contribution in [2.24, 2.45) is 0 Å². The Morgan fingerprint density at radius 3 is 2.48 bits per heavy atom. The molecule has 106 valence electrons. The van der Waals surface area contributed by atoms with E-state index >= 15 is 0 Å². The largest absolute Gasteiger partial charge is 0.507 e. The maximum absolute atomic E-state index is 9.81. The number of aromatic nitrogens is 3. The molecule has 2 aromatic heterocycles. The van der Waals surface area contributed by atoms with Gasteiger partial charge in [-0.1, -0.05) is 17.3 Å². The molecule has 0 aliphatic carbocycles. The van der Waals surface area contributed by atoms with Crippen molar-refractivity contribution >= 4 is 0 Å². The van der Waals surface area contributed by atoms with Gasteiger partial charge in [0.05, 0.1) is 0 Å². The highest BCUT2D eigenvalue weighted by atomic mass is 16.5. The van der Waals surface area contributed by atoms with Gasteiger partial charge in [0.1, 0.15) is 22.8 Å². The molecule has 0 saturated carbocycles. The minimum atomic E-state index is -0.126. The number of pyridine rings is 1. The van der Waals surface area contributed by atoms with Crippen LogP contribution in [0.2, 0.25) is 0 Å². The topological polar surface area (TPSA) is 92.3 Å². The highest BCUT2D eigenvalue weighted by Crippen LogP contribution is 2.36. The minimum Gasteiger partial charge on any atom is -0.507 e. The monoisotopic (exact) mass is 283 g/mol. The van der Waals surface area contributed by atoms with E-state index in [4.69, 9.17) is 4.52 Å². The lowest BCUT2D eigenvalue weighted by Crippen LogP contribution is -1.91. The summed E-state index contributed by atoms with van der Waals surface area (Å²) in [6.07, 6.45) is 1.72. The van der Waals surface area contributed by atoms with Gasteiger partial charge in [-0.25, -0.2) is 0 Å². The molecule has 3 aromatic rings. The molecular weight excluding hydrogens is 270 g/mol. The van der Waals surface area contributed by atoms with E-state index in [0.717, 1.165) is 11.1 Å². The molecule has 2 N–H and O–H groups in total. The molecule has 6 heteroatoms. The lowest BCUT2D eigenvalue weighted by atomic mass is 10.1. The quantitative estimate of drug-likeness (QED) is 0.751. The predicted octanol–water partition coefficient (Wildman–Crippen LogP) is 2.83. The Morgan fingerprint density at radius 2 is 1.81 bits per heavy atom. The predicted molar refractivity (Wildman–Crippen MR) is 75.8 cm³/mol. The summed E-state index contributed by atoms with van der Waals surface area (Å²) >= 11 is 0. The van der Waals surface area contributed by atoms with E-state index in [9.17, 15) is 10.2 Å². The van der Waals surface area contributed by atoms with E-state index in [2.05, 4.69) is 15.1 Å². The molecule has 0 fully saturated rings. The SMILES string of the molecule is Cc1cnc(-c2noc(-c3c(O)cccc3O)n2)c(C)c1. The Morgan fingerprint density at radius 1 is 1.10 bits per heavy atom. The van der Waals surface area contributed by atoms with Crippen molar-refractivity contribution in [1.82, 2.24) is 15.1 Å². The van der Waals surface area contributed by atoms with E-state index in [0.29, 0.717) is 11.5 Å². The van der Waals surface area contributed by atoms with Crippen LogP contribution < -0.4 is 0 Å². The molecule has 0 bridgehead atoms. The van der Waals surface area contributed by atoms with Crippen molar-refractivity contribution in [3.63, 3.8) is 0 Å². The molecule has 0 spiro atoms. The van der Waals surface area contributed by atoms with Crippen molar-refractivity contribution in [1.29, 1.82) is 0 Å². The van der Waals surface area contributed by atoms with Crippen LogP contribution in [-0.4, -0.2) is 25.3 Å². The fourth-order valence-corrected chi connectivity index (χ4v) is 2.12. The normalized spacial score (nSPS) is 10.8. The Bertz CT molecular complexity index is 791. The van der Waals surface area contributed by atoms with E-state index in [1.54, 1.807) is 6.20 Å². The van der Waals surface area contributed by atoms with E-state index in [1.807, 2.05) is 19.9 Å². The van der Waals surface area contributed by atoms with Crippen LogP contribution in [0, 0.1) is 13.8 Å². The summed E-state index contributed by atoms with van der Waals surface area (Å²) in [7, 11) is 0. The van der Waals surface area contributed by atoms with Crippen molar-refractivity contribution in [3.05, 3.63) is 41.6 Å². The number of nitrogens with zero attached hydrogens (tertiary/aromatic N) is 3.